The lowest BCUT2D eigenvalue weighted by atomic mass is 9.83. The average molecular weight is 254 g/mol. The minimum absolute atomic E-state index is 0.403. The topological polar surface area (TPSA) is 29.5 Å². The minimum atomic E-state index is -0.595. The normalized spacial score (nSPS) is 17.9. The molecule has 0 amide bonds. The Bertz CT molecular complexity index is 519. The van der Waals surface area contributed by atoms with E-state index in [0.717, 1.165) is 18.4 Å². The molecular weight excluding hydrogens is 236 g/mol. The van der Waals surface area contributed by atoms with Crippen LogP contribution in [0.4, 0.5) is 0 Å². The standard InChI is InChI=1S/C17H18O2/c18-19-17(16-11-12-16,15-9-5-2-6-10-15)13-14-7-3-1-4-8-14/h1-10,16,18H,11-13H2. The highest BCUT2D eigenvalue weighted by Gasteiger charge is 2.48. The van der Waals surface area contributed by atoms with E-state index in [1.807, 2.05) is 48.5 Å². The van der Waals surface area contributed by atoms with Crippen molar-refractivity contribution in [3.63, 3.8) is 0 Å². The van der Waals surface area contributed by atoms with E-state index < -0.39 is 5.60 Å². The SMILES string of the molecule is OOC(Cc1ccccc1)(c1ccccc1)C1CC1. The first kappa shape index (κ1) is 12.4. The molecule has 0 aliphatic heterocycles. The van der Waals surface area contributed by atoms with Crippen molar-refractivity contribution in [1.29, 1.82) is 0 Å². The molecule has 2 heteroatoms. The van der Waals surface area contributed by atoms with Crippen LogP contribution < -0.4 is 0 Å². The van der Waals surface area contributed by atoms with Crippen molar-refractivity contribution in [1.82, 2.24) is 0 Å². The molecule has 0 radical (unpaired) electrons. The summed E-state index contributed by atoms with van der Waals surface area (Å²) in [5.41, 5.74) is 1.65. The van der Waals surface area contributed by atoms with Crippen LogP contribution in [-0.4, -0.2) is 5.26 Å². The lowest BCUT2D eigenvalue weighted by Crippen LogP contribution is -2.34. The maximum atomic E-state index is 9.60. The van der Waals surface area contributed by atoms with E-state index >= 15 is 0 Å². The van der Waals surface area contributed by atoms with Crippen molar-refractivity contribution >= 4 is 0 Å². The van der Waals surface area contributed by atoms with E-state index in [1.165, 1.54) is 5.56 Å². The monoisotopic (exact) mass is 254 g/mol. The van der Waals surface area contributed by atoms with E-state index in [0.29, 0.717) is 12.3 Å². The van der Waals surface area contributed by atoms with Crippen LogP contribution in [0.15, 0.2) is 60.7 Å². The van der Waals surface area contributed by atoms with Gasteiger partial charge in [-0.05, 0) is 29.9 Å². The highest BCUT2D eigenvalue weighted by Crippen LogP contribution is 2.49. The first-order chi connectivity index (χ1) is 9.35. The van der Waals surface area contributed by atoms with Gasteiger partial charge in [0.25, 0.3) is 0 Å². The lowest BCUT2D eigenvalue weighted by Gasteiger charge is -2.31. The summed E-state index contributed by atoms with van der Waals surface area (Å²) in [6, 6.07) is 20.3. The van der Waals surface area contributed by atoms with Crippen LogP contribution in [0.1, 0.15) is 24.0 Å². The van der Waals surface area contributed by atoms with Gasteiger partial charge >= 0.3 is 0 Å². The Hall–Kier alpha value is -1.64. The fraction of sp³-hybridized carbons (Fsp3) is 0.294. The predicted molar refractivity (Wildman–Crippen MR) is 74.7 cm³/mol. The summed E-state index contributed by atoms with van der Waals surface area (Å²) in [5.74, 6) is 0.403. The Balaban J connectivity index is 1.97. The van der Waals surface area contributed by atoms with Crippen molar-refractivity contribution < 1.29 is 10.1 Å². The van der Waals surface area contributed by atoms with Crippen molar-refractivity contribution in [3.05, 3.63) is 71.8 Å². The van der Waals surface area contributed by atoms with Gasteiger partial charge in [0.15, 0.2) is 0 Å². The molecule has 98 valence electrons. The van der Waals surface area contributed by atoms with Crippen LogP contribution in [0.5, 0.6) is 0 Å². The number of hydrogen-bond donors (Lipinski definition) is 1. The van der Waals surface area contributed by atoms with Crippen LogP contribution in [0.2, 0.25) is 0 Å². The van der Waals surface area contributed by atoms with Crippen LogP contribution in [0, 0.1) is 5.92 Å². The fourth-order valence-electron chi connectivity index (χ4n) is 2.81. The van der Waals surface area contributed by atoms with E-state index in [1.54, 1.807) is 0 Å². The molecule has 0 heterocycles. The Labute approximate surface area is 113 Å². The summed E-state index contributed by atoms with van der Waals surface area (Å²) < 4.78 is 0. The maximum Gasteiger partial charge on any atom is 0.135 e. The van der Waals surface area contributed by atoms with E-state index in [4.69, 9.17) is 4.89 Å². The fourth-order valence-corrected chi connectivity index (χ4v) is 2.81. The second-order valence-electron chi connectivity index (χ2n) is 5.28. The smallest absolute Gasteiger partial charge is 0.135 e. The van der Waals surface area contributed by atoms with Crippen molar-refractivity contribution in [2.45, 2.75) is 24.9 Å². The molecule has 19 heavy (non-hydrogen) atoms. The van der Waals surface area contributed by atoms with Crippen LogP contribution in [0.25, 0.3) is 0 Å². The van der Waals surface area contributed by atoms with Crippen molar-refractivity contribution in [3.8, 4) is 0 Å². The van der Waals surface area contributed by atoms with Crippen molar-refractivity contribution in [2.75, 3.05) is 0 Å². The molecule has 2 aromatic rings. The summed E-state index contributed by atoms with van der Waals surface area (Å²) in [4.78, 5) is 5.05. The largest absolute Gasteiger partial charge is 0.251 e. The van der Waals surface area contributed by atoms with Gasteiger partial charge in [0, 0.05) is 6.42 Å². The zero-order valence-corrected chi connectivity index (χ0v) is 10.8. The molecule has 0 spiro atoms. The summed E-state index contributed by atoms with van der Waals surface area (Å²) in [7, 11) is 0. The Morgan fingerprint density at radius 3 is 2.05 bits per heavy atom. The van der Waals surface area contributed by atoms with Gasteiger partial charge in [0.05, 0.1) is 0 Å². The zero-order chi connectivity index (χ0) is 13.1. The third-order valence-electron chi connectivity index (χ3n) is 3.97. The molecule has 1 aliphatic rings. The molecule has 1 atom stereocenters. The molecule has 0 bridgehead atoms. The lowest BCUT2D eigenvalue weighted by molar-refractivity contribution is -0.336. The zero-order valence-electron chi connectivity index (χ0n) is 10.8. The van der Waals surface area contributed by atoms with Gasteiger partial charge in [-0.15, -0.1) is 0 Å². The molecule has 1 N–H and O–H groups in total. The quantitative estimate of drug-likeness (QED) is 0.645. The van der Waals surface area contributed by atoms with E-state index in [-0.39, 0.29) is 0 Å². The second-order valence-corrected chi connectivity index (χ2v) is 5.28. The Morgan fingerprint density at radius 2 is 1.53 bits per heavy atom. The molecule has 1 aliphatic carbocycles. The van der Waals surface area contributed by atoms with Crippen LogP contribution in [-0.2, 0) is 16.9 Å². The number of hydrogen-bond acceptors (Lipinski definition) is 2. The van der Waals surface area contributed by atoms with E-state index in [2.05, 4.69) is 12.1 Å². The van der Waals surface area contributed by atoms with Crippen LogP contribution in [0.3, 0.4) is 0 Å². The molecular formula is C17H18O2. The minimum Gasteiger partial charge on any atom is -0.251 e. The molecule has 2 nitrogen and oxygen atoms in total. The van der Waals surface area contributed by atoms with Gasteiger partial charge in [-0.3, -0.25) is 5.26 Å². The number of rotatable bonds is 5. The van der Waals surface area contributed by atoms with E-state index in [9.17, 15) is 5.26 Å². The number of benzene rings is 2. The highest BCUT2D eigenvalue weighted by atomic mass is 17.1. The second kappa shape index (κ2) is 5.16. The Morgan fingerprint density at radius 1 is 0.947 bits per heavy atom. The highest BCUT2D eigenvalue weighted by molar-refractivity contribution is 5.29. The van der Waals surface area contributed by atoms with Gasteiger partial charge in [-0.1, -0.05) is 60.7 Å². The Kier molecular flexibility index (Phi) is 3.36. The first-order valence-corrected chi connectivity index (χ1v) is 6.77. The molecule has 1 unspecified atom stereocenters. The van der Waals surface area contributed by atoms with Gasteiger partial charge in [0.1, 0.15) is 5.60 Å². The summed E-state index contributed by atoms with van der Waals surface area (Å²) >= 11 is 0. The summed E-state index contributed by atoms with van der Waals surface area (Å²) in [6.45, 7) is 0. The first-order valence-electron chi connectivity index (χ1n) is 6.77. The summed E-state index contributed by atoms with van der Waals surface area (Å²) in [5, 5.41) is 9.60. The predicted octanol–water partition coefficient (Wildman–Crippen LogP) is 4.02. The maximum absolute atomic E-state index is 9.60. The molecule has 0 saturated heterocycles. The molecule has 2 aromatic carbocycles. The third-order valence-corrected chi connectivity index (χ3v) is 3.97. The molecule has 3 rings (SSSR count). The molecule has 1 fully saturated rings. The van der Waals surface area contributed by atoms with Crippen molar-refractivity contribution in [2.24, 2.45) is 5.92 Å². The average Bonchev–Trinajstić information content (AvgIpc) is 3.32. The molecule has 1 saturated carbocycles. The van der Waals surface area contributed by atoms with Gasteiger partial charge in [-0.25, -0.2) is 4.89 Å². The summed E-state index contributed by atoms with van der Waals surface area (Å²) in [6.07, 6.45) is 2.93. The van der Waals surface area contributed by atoms with Gasteiger partial charge < -0.3 is 0 Å². The van der Waals surface area contributed by atoms with Crippen LogP contribution >= 0.6 is 0 Å². The van der Waals surface area contributed by atoms with Gasteiger partial charge in [0.2, 0.25) is 0 Å². The third kappa shape index (κ3) is 2.42. The van der Waals surface area contributed by atoms with Gasteiger partial charge in [-0.2, -0.15) is 0 Å². The molecule has 0 aromatic heterocycles.